The van der Waals surface area contributed by atoms with Crippen molar-refractivity contribution < 1.29 is 9.53 Å². The third-order valence-corrected chi connectivity index (χ3v) is 4.86. The molecule has 1 heterocycles. The number of hydrogen-bond acceptors (Lipinski definition) is 3. The van der Waals surface area contributed by atoms with Crippen LogP contribution in [0.2, 0.25) is 0 Å². The van der Waals surface area contributed by atoms with Crippen LogP contribution in [0.1, 0.15) is 42.1 Å². The molecule has 1 aliphatic heterocycles. The van der Waals surface area contributed by atoms with E-state index in [1.165, 1.54) is 24.8 Å². The SMILES string of the molecule is CCOc1ccc(C(=O)C(Cc2ccccc2)N2CCCCC2)cc1. The van der Waals surface area contributed by atoms with Gasteiger partial charge in [-0.15, -0.1) is 0 Å². The number of piperidine rings is 1. The Labute approximate surface area is 150 Å². The average Bonchev–Trinajstić information content (AvgIpc) is 2.68. The van der Waals surface area contributed by atoms with E-state index in [4.69, 9.17) is 4.74 Å². The lowest BCUT2D eigenvalue weighted by atomic mass is 9.94. The lowest BCUT2D eigenvalue weighted by Gasteiger charge is -2.34. The van der Waals surface area contributed by atoms with Crippen molar-refractivity contribution in [3.05, 3.63) is 65.7 Å². The number of ketones is 1. The molecule has 1 saturated heterocycles. The van der Waals surface area contributed by atoms with Gasteiger partial charge in [-0.1, -0.05) is 36.8 Å². The van der Waals surface area contributed by atoms with E-state index < -0.39 is 0 Å². The Kier molecular flexibility index (Phi) is 6.24. The van der Waals surface area contributed by atoms with E-state index in [1.807, 2.05) is 49.4 Å². The fourth-order valence-electron chi connectivity index (χ4n) is 3.53. The van der Waals surface area contributed by atoms with E-state index in [1.54, 1.807) is 0 Å². The molecule has 3 rings (SSSR count). The van der Waals surface area contributed by atoms with Crippen LogP contribution in [-0.2, 0) is 6.42 Å². The average molecular weight is 337 g/mol. The van der Waals surface area contributed by atoms with Crippen molar-refractivity contribution >= 4 is 5.78 Å². The summed E-state index contributed by atoms with van der Waals surface area (Å²) < 4.78 is 5.49. The van der Waals surface area contributed by atoms with Gasteiger partial charge in [0.25, 0.3) is 0 Å². The highest BCUT2D eigenvalue weighted by atomic mass is 16.5. The second kappa shape index (κ2) is 8.82. The summed E-state index contributed by atoms with van der Waals surface area (Å²) in [6.45, 7) is 4.63. The van der Waals surface area contributed by atoms with Crippen molar-refractivity contribution in [2.45, 2.75) is 38.6 Å². The van der Waals surface area contributed by atoms with Crippen LogP contribution >= 0.6 is 0 Å². The van der Waals surface area contributed by atoms with Crippen molar-refractivity contribution in [3.63, 3.8) is 0 Å². The molecule has 0 radical (unpaired) electrons. The van der Waals surface area contributed by atoms with E-state index >= 15 is 0 Å². The summed E-state index contributed by atoms with van der Waals surface area (Å²) >= 11 is 0. The quantitative estimate of drug-likeness (QED) is 0.703. The fraction of sp³-hybridized carbons (Fsp3) is 0.409. The van der Waals surface area contributed by atoms with Gasteiger partial charge in [-0.2, -0.15) is 0 Å². The van der Waals surface area contributed by atoms with Crippen molar-refractivity contribution in [3.8, 4) is 5.75 Å². The standard InChI is InChI=1S/C22H27NO2/c1-2-25-20-13-11-19(12-14-20)22(24)21(23-15-7-4-8-16-23)17-18-9-5-3-6-10-18/h3,5-6,9-14,21H,2,4,7-8,15-17H2,1H3. The maximum Gasteiger partial charge on any atom is 0.180 e. The Morgan fingerprint density at radius 3 is 2.32 bits per heavy atom. The minimum absolute atomic E-state index is 0.0827. The first kappa shape index (κ1) is 17.7. The smallest absolute Gasteiger partial charge is 0.180 e. The molecule has 0 N–H and O–H groups in total. The number of carbonyl (C=O) groups excluding carboxylic acids is 1. The molecule has 0 bridgehead atoms. The van der Waals surface area contributed by atoms with Crippen LogP contribution in [0.15, 0.2) is 54.6 Å². The predicted molar refractivity (Wildman–Crippen MR) is 101 cm³/mol. The summed E-state index contributed by atoms with van der Waals surface area (Å²) in [6.07, 6.45) is 4.41. The first-order valence-corrected chi connectivity index (χ1v) is 9.33. The van der Waals surface area contributed by atoms with Gasteiger partial charge in [-0.25, -0.2) is 0 Å². The molecule has 1 aliphatic rings. The van der Waals surface area contributed by atoms with Crippen LogP contribution < -0.4 is 4.74 Å². The normalized spacial score (nSPS) is 16.4. The van der Waals surface area contributed by atoms with Gasteiger partial charge in [0, 0.05) is 5.56 Å². The molecule has 0 aromatic heterocycles. The Hall–Kier alpha value is -2.13. The van der Waals surface area contributed by atoms with Crippen LogP contribution in [0.4, 0.5) is 0 Å². The second-order valence-corrected chi connectivity index (χ2v) is 6.62. The monoisotopic (exact) mass is 337 g/mol. The molecule has 132 valence electrons. The van der Waals surface area contributed by atoms with Gasteiger partial charge in [0.05, 0.1) is 12.6 Å². The summed E-state index contributed by atoms with van der Waals surface area (Å²) in [5.41, 5.74) is 1.99. The minimum atomic E-state index is -0.0827. The van der Waals surface area contributed by atoms with Crippen molar-refractivity contribution in [1.29, 1.82) is 0 Å². The van der Waals surface area contributed by atoms with Gasteiger partial charge in [-0.05, 0) is 69.1 Å². The molecule has 0 amide bonds. The van der Waals surface area contributed by atoms with Gasteiger partial charge in [0.15, 0.2) is 5.78 Å². The maximum atomic E-state index is 13.2. The summed E-state index contributed by atoms with van der Waals surface area (Å²) in [5, 5.41) is 0. The Morgan fingerprint density at radius 2 is 1.68 bits per heavy atom. The Bertz CT molecular complexity index is 660. The topological polar surface area (TPSA) is 29.5 Å². The van der Waals surface area contributed by atoms with Crippen LogP contribution in [0.3, 0.4) is 0 Å². The van der Waals surface area contributed by atoms with Crippen LogP contribution in [0.5, 0.6) is 5.75 Å². The number of carbonyl (C=O) groups is 1. The highest BCUT2D eigenvalue weighted by Gasteiger charge is 2.28. The van der Waals surface area contributed by atoms with E-state index in [0.29, 0.717) is 6.61 Å². The largest absolute Gasteiger partial charge is 0.494 e. The highest BCUT2D eigenvalue weighted by molar-refractivity contribution is 6.00. The van der Waals surface area contributed by atoms with E-state index in [2.05, 4.69) is 17.0 Å². The first-order chi connectivity index (χ1) is 12.3. The third-order valence-electron chi connectivity index (χ3n) is 4.86. The summed E-state index contributed by atoms with van der Waals surface area (Å²) in [4.78, 5) is 15.6. The number of hydrogen-bond donors (Lipinski definition) is 0. The number of likely N-dealkylation sites (tertiary alicyclic amines) is 1. The van der Waals surface area contributed by atoms with E-state index in [9.17, 15) is 4.79 Å². The summed E-state index contributed by atoms with van der Waals surface area (Å²) in [7, 11) is 0. The second-order valence-electron chi connectivity index (χ2n) is 6.62. The zero-order valence-corrected chi connectivity index (χ0v) is 15.0. The maximum absolute atomic E-state index is 13.2. The molecule has 3 heteroatoms. The molecule has 0 saturated carbocycles. The fourth-order valence-corrected chi connectivity index (χ4v) is 3.53. The number of rotatable bonds is 7. The molecule has 25 heavy (non-hydrogen) atoms. The zero-order valence-electron chi connectivity index (χ0n) is 15.0. The van der Waals surface area contributed by atoms with Crippen LogP contribution in [-0.4, -0.2) is 36.4 Å². The van der Waals surface area contributed by atoms with Gasteiger partial charge in [0.1, 0.15) is 5.75 Å². The highest BCUT2D eigenvalue weighted by Crippen LogP contribution is 2.21. The van der Waals surface area contributed by atoms with E-state index in [0.717, 1.165) is 30.8 Å². The predicted octanol–water partition coefficient (Wildman–Crippen LogP) is 4.37. The molecular weight excluding hydrogens is 310 g/mol. The zero-order chi connectivity index (χ0) is 17.5. The van der Waals surface area contributed by atoms with Crippen LogP contribution in [0, 0.1) is 0 Å². The molecule has 1 atom stereocenters. The third kappa shape index (κ3) is 4.70. The number of Topliss-reactive ketones (excluding diaryl/α,β-unsaturated/α-hetero) is 1. The van der Waals surface area contributed by atoms with Crippen molar-refractivity contribution in [1.82, 2.24) is 4.90 Å². The molecule has 1 unspecified atom stereocenters. The molecule has 0 aliphatic carbocycles. The van der Waals surface area contributed by atoms with Gasteiger partial charge in [-0.3, -0.25) is 9.69 Å². The van der Waals surface area contributed by atoms with Crippen LogP contribution in [0.25, 0.3) is 0 Å². The van der Waals surface area contributed by atoms with Gasteiger partial charge in [0.2, 0.25) is 0 Å². The number of ether oxygens (including phenoxy) is 1. The molecule has 3 nitrogen and oxygen atoms in total. The van der Waals surface area contributed by atoms with Crippen molar-refractivity contribution in [2.75, 3.05) is 19.7 Å². The Balaban J connectivity index is 1.80. The van der Waals surface area contributed by atoms with E-state index in [-0.39, 0.29) is 11.8 Å². The number of nitrogens with zero attached hydrogens (tertiary/aromatic N) is 1. The lowest BCUT2D eigenvalue weighted by molar-refractivity contribution is 0.0783. The summed E-state index contributed by atoms with van der Waals surface area (Å²) in [6, 6.07) is 17.8. The lowest BCUT2D eigenvalue weighted by Crippen LogP contribution is -2.45. The molecule has 2 aromatic carbocycles. The molecule has 2 aromatic rings. The number of benzene rings is 2. The van der Waals surface area contributed by atoms with Gasteiger partial charge >= 0.3 is 0 Å². The first-order valence-electron chi connectivity index (χ1n) is 9.33. The van der Waals surface area contributed by atoms with Gasteiger partial charge < -0.3 is 4.74 Å². The molecule has 0 spiro atoms. The Morgan fingerprint density at radius 1 is 1.00 bits per heavy atom. The molecule has 1 fully saturated rings. The molecular formula is C22H27NO2. The minimum Gasteiger partial charge on any atom is -0.494 e. The van der Waals surface area contributed by atoms with Crippen molar-refractivity contribution in [2.24, 2.45) is 0 Å². The summed E-state index contributed by atoms with van der Waals surface area (Å²) in [5.74, 6) is 1.03.